The van der Waals surface area contributed by atoms with Gasteiger partial charge in [0.25, 0.3) is 5.91 Å². The number of halogens is 1. The molecule has 4 nitrogen and oxygen atoms in total. The van der Waals surface area contributed by atoms with E-state index in [4.69, 9.17) is 0 Å². The second-order valence-corrected chi connectivity index (χ2v) is 7.51. The van der Waals surface area contributed by atoms with Gasteiger partial charge >= 0.3 is 0 Å². The SMILES string of the molecule is CC1CCCC[C@@H]1NC(=O)c1cn(Cc2ccc(F)cc2)c2cccnc12. The van der Waals surface area contributed by atoms with Crippen molar-refractivity contribution >= 4 is 16.9 Å². The van der Waals surface area contributed by atoms with Crippen LogP contribution in [-0.2, 0) is 6.54 Å². The molecule has 2 atom stereocenters. The van der Waals surface area contributed by atoms with E-state index < -0.39 is 0 Å². The molecule has 1 aliphatic carbocycles. The van der Waals surface area contributed by atoms with Gasteiger partial charge in [-0.3, -0.25) is 9.78 Å². The van der Waals surface area contributed by atoms with Crippen LogP contribution in [0.3, 0.4) is 0 Å². The molecule has 1 unspecified atom stereocenters. The summed E-state index contributed by atoms with van der Waals surface area (Å²) in [4.78, 5) is 17.4. The van der Waals surface area contributed by atoms with Crippen LogP contribution in [0.4, 0.5) is 4.39 Å². The summed E-state index contributed by atoms with van der Waals surface area (Å²) < 4.78 is 15.2. The predicted octanol–water partition coefficient (Wildman–Crippen LogP) is 4.53. The Morgan fingerprint density at radius 2 is 2.00 bits per heavy atom. The highest BCUT2D eigenvalue weighted by Crippen LogP contribution is 2.25. The highest BCUT2D eigenvalue weighted by Gasteiger charge is 2.25. The van der Waals surface area contributed by atoms with Crippen LogP contribution in [0.15, 0.2) is 48.8 Å². The molecular formula is C22H24FN3O. The summed E-state index contributed by atoms with van der Waals surface area (Å²) in [7, 11) is 0. The Bertz CT molecular complexity index is 948. The number of rotatable bonds is 4. The molecule has 1 fully saturated rings. The smallest absolute Gasteiger partial charge is 0.255 e. The largest absolute Gasteiger partial charge is 0.349 e. The van der Waals surface area contributed by atoms with Crippen molar-refractivity contribution < 1.29 is 9.18 Å². The Hall–Kier alpha value is -2.69. The quantitative estimate of drug-likeness (QED) is 0.738. The third-order valence-corrected chi connectivity index (χ3v) is 5.57. The molecule has 0 aliphatic heterocycles. The van der Waals surface area contributed by atoms with Gasteiger partial charge in [0, 0.05) is 25.0 Å². The maximum absolute atomic E-state index is 13.2. The van der Waals surface area contributed by atoms with E-state index in [-0.39, 0.29) is 17.8 Å². The molecule has 4 rings (SSSR count). The number of amides is 1. The van der Waals surface area contributed by atoms with E-state index in [9.17, 15) is 9.18 Å². The Balaban J connectivity index is 1.63. The first-order valence-electron chi connectivity index (χ1n) is 9.61. The molecule has 140 valence electrons. The van der Waals surface area contributed by atoms with Gasteiger partial charge < -0.3 is 9.88 Å². The molecule has 2 aromatic heterocycles. The molecule has 3 aromatic rings. The minimum absolute atomic E-state index is 0.0599. The van der Waals surface area contributed by atoms with E-state index in [2.05, 4.69) is 17.2 Å². The standard InChI is InChI=1S/C22H24FN3O/c1-15-5-2-3-6-19(15)25-22(27)18-14-26(20-7-4-12-24-21(18)20)13-16-8-10-17(23)11-9-16/h4,7-12,14-15,19H,2-3,5-6,13H2,1H3,(H,25,27)/t15?,19-/m0/s1. The number of fused-ring (bicyclic) bond motifs is 1. The van der Waals surface area contributed by atoms with Gasteiger partial charge in [0.15, 0.2) is 0 Å². The molecule has 1 aromatic carbocycles. The van der Waals surface area contributed by atoms with Crippen LogP contribution < -0.4 is 5.32 Å². The van der Waals surface area contributed by atoms with Crippen molar-refractivity contribution in [3.05, 3.63) is 65.7 Å². The predicted molar refractivity (Wildman–Crippen MR) is 104 cm³/mol. The first kappa shape index (κ1) is 17.7. The van der Waals surface area contributed by atoms with Crippen molar-refractivity contribution in [2.24, 2.45) is 5.92 Å². The van der Waals surface area contributed by atoms with Gasteiger partial charge in [-0.1, -0.05) is 31.9 Å². The van der Waals surface area contributed by atoms with Gasteiger partial charge in [-0.15, -0.1) is 0 Å². The highest BCUT2D eigenvalue weighted by molar-refractivity contribution is 6.05. The molecule has 1 aliphatic rings. The van der Waals surface area contributed by atoms with Crippen LogP contribution in [0.2, 0.25) is 0 Å². The van der Waals surface area contributed by atoms with E-state index in [0.717, 1.165) is 23.9 Å². The molecular weight excluding hydrogens is 341 g/mol. The normalized spacial score (nSPS) is 19.9. The van der Waals surface area contributed by atoms with Crippen LogP contribution in [0.5, 0.6) is 0 Å². The Morgan fingerprint density at radius 3 is 2.78 bits per heavy atom. The summed E-state index contributed by atoms with van der Waals surface area (Å²) in [6.07, 6.45) is 8.18. The van der Waals surface area contributed by atoms with Gasteiger partial charge in [-0.05, 0) is 48.6 Å². The summed E-state index contributed by atoms with van der Waals surface area (Å²) >= 11 is 0. The summed E-state index contributed by atoms with van der Waals surface area (Å²) in [5.74, 6) is 0.193. The number of carbonyl (C=O) groups excluding carboxylic acids is 1. The number of hydrogen-bond donors (Lipinski definition) is 1. The number of hydrogen-bond acceptors (Lipinski definition) is 2. The van der Waals surface area contributed by atoms with E-state index >= 15 is 0 Å². The topological polar surface area (TPSA) is 46.9 Å². The van der Waals surface area contributed by atoms with E-state index in [1.54, 1.807) is 18.3 Å². The van der Waals surface area contributed by atoms with Gasteiger partial charge in [-0.25, -0.2) is 4.39 Å². The average Bonchev–Trinajstić information content (AvgIpc) is 3.04. The lowest BCUT2D eigenvalue weighted by atomic mass is 9.86. The zero-order valence-corrected chi connectivity index (χ0v) is 15.5. The van der Waals surface area contributed by atoms with E-state index in [0.29, 0.717) is 23.5 Å². The molecule has 0 spiro atoms. The monoisotopic (exact) mass is 365 g/mol. The maximum atomic E-state index is 13.2. The Labute approximate surface area is 158 Å². The molecule has 0 radical (unpaired) electrons. The fourth-order valence-electron chi connectivity index (χ4n) is 3.98. The van der Waals surface area contributed by atoms with E-state index in [1.165, 1.54) is 25.0 Å². The third-order valence-electron chi connectivity index (χ3n) is 5.57. The first-order valence-corrected chi connectivity index (χ1v) is 9.61. The summed E-state index contributed by atoms with van der Waals surface area (Å²) in [6, 6.07) is 10.5. The summed E-state index contributed by atoms with van der Waals surface area (Å²) in [5.41, 5.74) is 3.19. The molecule has 1 amide bonds. The van der Waals surface area contributed by atoms with Crippen molar-refractivity contribution in [2.45, 2.75) is 45.2 Å². The minimum Gasteiger partial charge on any atom is -0.349 e. The number of nitrogens with zero attached hydrogens (tertiary/aromatic N) is 2. The fraction of sp³-hybridized carbons (Fsp3) is 0.364. The second-order valence-electron chi connectivity index (χ2n) is 7.51. The van der Waals surface area contributed by atoms with Gasteiger partial charge in [-0.2, -0.15) is 0 Å². The van der Waals surface area contributed by atoms with Crippen LogP contribution in [0, 0.1) is 11.7 Å². The highest BCUT2D eigenvalue weighted by atomic mass is 19.1. The molecule has 5 heteroatoms. The molecule has 0 bridgehead atoms. The summed E-state index contributed by atoms with van der Waals surface area (Å²) in [6.45, 7) is 2.77. The Morgan fingerprint density at radius 1 is 1.22 bits per heavy atom. The number of benzene rings is 1. The zero-order chi connectivity index (χ0) is 18.8. The zero-order valence-electron chi connectivity index (χ0n) is 15.5. The third kappa shape index (κ3) is 3.72. The van der Waals surface area contributed by atoms with Crippen LogP contribution in [0.25, 0.3) is 11.0 Å². The second kappa shape index (κ2) is 7.51. The van der Waals surface area contributed by atoms with Gasteiger partial charge in [0.05, 0.1) is 11.1 Å². The van der Waals surface area contributed by atoms with Crippen LogP contribution >= 0.6 is 0 Å². The maximum Gasteiger partial charge on any atom is 0.255 e. The molecule has 2 heterocycles. The van der Waals surface area contributed by atoms with Crippen molar-refractivity contribution in [3.63, 3.8) is 0 Å². The van der Waals surface area contributed by atoms with E-state index in [1.807, 2.05) is 22.9 Å². The fourth-order valence-corrected chi connectivity index (χ4v) is 3.98. The Kier molecular flexibility index (Phi) is 4.92. The van der Waals surface area contributed by atoms with Gasteiger partial charge in [0.1, 0.15) is 11.3 Å². The van der Waals surface area contributed by atoms with Crippen molar-refractivity contribution in [1.29, 1.82) is 0 Å². The van der Waals surface area contributed by atoms with Crippen LogP contribution in [-0.4, -0.2) is 21.5 Å². The lowest BCUT2D eigenvalue weighted by molar-refractivity contribution is 0.0911. The number of pyridine rings is 1. The number of carbonyl (C=O) groups is 1. The molecule has 0 saturated heterocycles. The average molecular weight is 365 g/mol. The first-order chi connectivity index (χ1) is 13.1. The number of nitrogens with one attached hydrogen (secondary N) is 1. The lowest BCUT2D eigenvalue weighted by Crippen LogP contribution is -2.41. The van der Waals surface area contributed by atoms with Gasteiger partial charge in [0.2, 0.25) is 0 Å². The lowest BCUT2D eigenvalue weighted by Gasteiger charge is -2.29. The van der Waals surface area contributed by atoms with Crippen molar-refractivity contribution in [1.82, 2.24) is 14.9 Å². The molecule has 1 saturated carbocycles. The summed E-state index contributed by atoms with van der Waals surface area (Å²) in [5, 5.41) is 3.22. The van der Waals surface area contributed by atoms with Crippen molar-refractivity contribution in [3.8, 4) is 0 Å². The van der Waals surface area contributed by atoms with Crippen LogP contribution in [0.1, 0.15) is 48.5 Å². The number of aromatic nitrogens is 2. The molecule has 1 N–H and O–H groups in total. The minimum atomic E-state index is -0.251. The molecule has 27 heavy (non-hydrogen) atoms. The van der Waals surface area contributed by atoms with Crippen molar-refractivity contribution in [2.75, 3.05) is 0 Å².